The molecule has 2 aromatic heterocycles. The lowest BCUT2D eigenvalue weighted by molar-refractivity contribution is -0.389. The van der Waals surface area contributed by atoms with Gasteiger partial charge in [-0.3, -0.25) is 9.47 Å². The molecule has 8 nitrogen and oxygen atoms in total. The Balaban J connectivity index is 1.41. The van der Waals surface area contributed by atoms with Gasteiger partial charge in [0.15, 0.2) is 11.6 Å². The molecule has 3 aromatic rings. The van der Waals surface area contributed by atoms with Gasteiger partial charge >= 0.3 is 11.1 Å². The Morgan fingerprint density at radius 3 is 2.80 bits per heavy atom. The monoisotopic (exact) mass is 437 g/mol. The van der Waals surface area contributed by atoms with Crippen LogP contribution in [0.25, 0.3) is 11.5 Å². The number of imidazole rings is 1. The average molecular weight is 438 g/mol. The zero-order valence-corrected chi connectivity index (χ0v) is 16.8. The number of oxazole rings is 1. The highest BCUT2D eigenvalue weighted by molar-refractivity contribution is 6.28. The first-order chi connectivity index (χ1) is 14.3. The van der Waals surface area contributed by atoms with Crippen molar-refractivity contribution in [3.8, 4) is 11.5 Å². The Kier molecular flexibility index (Phi) is 5.52. The van der Waals surface area contributed by atoms with Crippen LogP contribution in [0.1, 0.15) is 18.4 Å². The number of nitrogens with zero attached hydrogens (tertiary/aromatic N) is 5. The maximum Gasteiger partial charge on any atom is 0.383 e. The van der Waals surface area contributed by atoms with E-state index in [1.807, 2.05) is 6.92 Å². The van der Waals surface area contributed by atoms with E-state index in [4.69, 9.17) is 16.0 Å². The standard InChI is InChI=1S/C19H18ClF2N5O3/c1-11(8-26-10-17(27(28)29)24-19(26)20)7-25-5-4-15-16(9-25)30-18(23-15)12-2-3-13(21)14(22)6-12/h2-3,6,10-11H,4-5,7-9H2,1H3. The maximum absolute atomic E-state index is 13.5. The zero-order chi connectivity index (χ0) is 21.4. The van der Waals surface area contributed by atoms with E-state index < -0.39 is 16.6 Å². The molecule has 0 bridgehead atoms. The minimum atomic E-state index is -0.947. The first kappa shape index (κ1) is 20.4. The van der Waals surface area contributed by atoms with Crippen molar-refractivity contribution in [3.05, 3.63) is 62.9 Å². The predicted molar refractivity (Wildman–Crippen MR) is 104 cm³/mol. The predicted octanol–water partition coefficient (Wildman–Crippen LogP) is 4.07. The molecule has 1 aliphatic rings. The van der Waals surface area contributed by atoms with Gasteiger partial charge in [0.2, 0.25) is 5.89 Å². The number of aromatic nitrogens is 3. The summed E-state index contributed by atoms with van der Waals surface area (Å²) in [6.07, 6.45) is 2.00. The summed E-state index contributed by atoms with van der Waals surface area (Å²) in [5.74, 6) is -1.03. The molecule has 0 N–H and O–H groups in total. The van der Waals surface area contributed by atoms with E-state index >= 15 is 0 Å². The second-order valence-corrected chi connectivity index (χ2v) is 7.72. The topological polar surface area (TPSA) is 90.2 Å². The number of nitro groups is 1. The molecule has 11 heteroatoms. The first-order valence-electron chi connectivity index (χ1n) is 9.33. The minimum absolute atomic E-state index is 0.0842. The molecule has 3 heterocycles. The third kappa shape index (κ3) is 4.19. The number of halogens is 3. The third-order valence-electron chi connectivity index (χ3n) is 4.96. The summed E-state index contributed by atoms with van der Waals surface area (Å²) in [6, 6.07) is 3.55. The molecule has 158 valence electrons. The quantitative estimate of drug-likeness (QED) is 0.426. The fourth-order valence-corrected chi connectivity index (χ4v) is 3.79. The second kappa shape index (κ2) is 8.11. The van der Waals surface area contributed by atoms with Crippen LogP contribution in [-0.4, -0.2) is 37.4 Å². The Bertz CT molecular complexity index is 1100. The molecule has 0 aliphatic carbocycles. The molecule has 1 aromatic carbocycles. The van der Waals surface area contributed by atoms with Crippen LogP contribution in [0.2, 0.25) is 5.28 Å². The second-order valence-electron chi connectivity index (χ2n) is 7.39. The lowest BCUT2D eigenvalue weighted by atomic mass is 10.1. The molecule has 30 heavy (non-hydrogen) atoms. The van der Waals surface area contributed by atoms with Gasteiger partial charge in [-0.15, -0.1) is 0 Å². The molecule has 0 amide bonds. The normalized spacial score (nSPS) is 15.2. The number of hydrogen-bond donors (Lipinski definition) is 0. The van der Waals surface area contributed by atoms with Crippen molar-refractivity contribution in [2.45, 2.75) is 26.4 Å². The van der Waals surface area contributed by atoms with Crippen LogP contribution in [0.5, 0.6) is 0 Å². The highest BCUT2D eigenvalue weighted by Crippen LogP contribution is 2.28. The number of hydrogen-bond acceptors (Lipinski definition) is 6. The summed E-state index contributed by atoms with van der Waals surface area (Å²) in [4.78, 5) is 20.6. The summed E-state index contributed by atoms with van der Waals surface area (Å²) < 4.78 is 34.0. The van der Waals surface area contributed by atoms with Crippen molar-refractivity contribution in [1.29, 1.82) is 0 Å². The minimum Gasteiger partial charge on any atom is -0.440 e. The van der Waals surface area contributed by atoms with Gasteiger partial charge in [-0.2, -0.15) is 0 Å². The van der Waals surface area contributed by atoms with Crippen LogP contribution in [0.15, 0.2) is 28.8 Å². The van der Waals surface area contributed by atoms with Crippen LogP contribution in [0.4, 0.5) is 14.6 Å². The highest BCUT2D eigenvalue weighted by atomic mass is 35.5. The third-order valence-corrected chi connectivity index (χ3v) is 5.26. The SMILES string of the molecule is CC(CN1CCc2nc(-c3ccc(F)c(F)c3)oc2C1)Cn1cc([N+](=O)[O-])nc1Cl. The Hall–Kier alpha value is -2.85. The molecule has 0 spiro atoms. The van der Waals surface area contributed by atoms with Gasteiger partial charge in [-0.1, -0.05) is 6.92 Å². The average Bonchev–Trinajstić information content (AvgIpc) is 3.27. The summed E-state index contributed by atoms with van der Waals surface area (Å²) in [7, 11) is 0. The molecule has 1 aliphatic heterocycles. The summed E-state index contributed by atoms with van der Waals surface area (Å²) in [6.45, 7) is 4.51. The van der Waals surface area contributed by atoms with E-state index in [9.17, 15) is 18.9 Å². The highest BCUT2D eigenvalue weighted by Gasteiger charge is 2.25. The van der Waals surface area contributed by atoms with Crippen molar-refractivity contribution in [2.24, 2.45) is 5.92 Å². The summed E-state index contributed by atoms with van der Waals surface area (Å²) in [5, 5.41) is 10.9. The Morgan fingerprint density at radius 1 is 1.30 bits per heavy atom. The molecule has 4 rings (SSSR count). The van der Waals surface area contributed by atoms with Gasteiger partial charge in [-0.05, 0) is 45.6 Å². The molecule has 1 atom stereocenters. The molecule has 0 saturated heterocycles. The van der Waals surface area contributed by atoms with E-state index in [2.05, 4.69) is 14.9 Å². The van der Waals surface area contributed by atoms with Crippen molar-refractivity contribution in [1.82, 2.24) is 19.4 Å². The van der Waals surface area contributed by atoms with Crippen molar-refractivity contribution in [2.75, 3.05) is 13.1 Å². The number of rotatable bonds is 6. The van der Waals surface area contributed by atoms with Crippen LogP contribution in [0, 0.1) is 27.7 Å². The van der Waals surface area contributed by atoms with Gasteiger partial charge in [0.25, 0.3) is 0 Å². The van der Waals surface area contributed by atoms with Crippen LogP contribution >= 0.6 is 11.6 Å². The largest absolute Gasteiger partial charge is 0.440 e. The van der Waals surface area contributed by atoms with Crippen molar-refractivity contribution < 1.29 is 18.1 Å². The lowest BCUT2D eigenvalue weighted by Crippen LogP contribution is -2.34. The molecule has 0 radical (unpaired) electrons. The van der Waals surface area contributed by atoms with Crippen LogP contribution in [-0.2, 0) is 19.5 Å². The Morgan fingerprint density at radius 2 is 2.10 bits per heavy atom. The van der Waals surface area contributed by atoms with Gasteiger partial charge in [0.1, 0.15) is 12.0 Å². The van der Waals surface area contributed by atoms with Gasteiger partial charge in [-0.25, -0.2) is 13.8 Å². The smallest absolute Gasteiger partial charge is 0.383 e. The number of benzene rings is 1. The van der Waals surface area contributed by atoms with E-state index in [1.54, 1.807) is 4.57 Å². The van der Waals surface area contributed by atoms with E-state index in [-0.39, 0.29) is 22.9 Å². The zero-order valence-electron chi connectivity index (χ0n) is 16.0. The van der Waals surface area contributed by atoms with E-state index in [1.165, 1.54) is 12.3 Å². The van der Waals surface area contributed by atoms with Gasteiger partial charge < -0.3 is 14.5 Å². The maximum atomic E-state index is 13.5. The molecule has 1 unspecified atom stereocenters. The lowest BCUT2D eigenvalue weighted by Gasteiger charge is -2.27. The van der Waals surface area contributed by atoms with E-state index in [0.717, 1.165) is 24.4 Å². The molecular formula is C19H18ClF2N5O3. The molecule has 0 saturated carbocycles. The summed E-state index contributed by atoms with van der Waals surface area (Å²) in [5.41, 5.74) is 1.20. The van der Waals surface area contributed by atoms with E-state index in [0.29, 0.717) is 37.4 Å². The molecular weight excluding hydrogens is 420 g/mol. The van der Waals surface area contributed by atoms with Crippen LogP contribution in [0.3, 0.4) is 0 Å². The fraction of sp³-hybridized carbons (Fsp3) is 0.368. The van der Waals surface area contributed by atoms with Crippen molar-refractivity contribution >= 4 is 17.4 Å². The van der Waals surface area contributed by atoms with Gasteiger partial charge in [0, 0.05) is 31.6 Å². The van der Waals surface area contributed by atoms with Gasteiger partial charge in [0.05, 0.1) is 12.2 Å². The summed E-state index contributed by atoms with van der Waals surface area (Å²) >= 11 is 5.99. The number of fused-ring (bicyclic) bond motifs is 1. The Labute approximate surface area is 175 Å². The molecule has 0 fully saturated rings. The van der Waals surface area contributed by atoms with Crippen molar-refractivity contribution in [3.63, 3.8) is 0 Å². The first-order valence-corrected chi connectivity index (χ1v) is 9.71. The van der Waals surface area contributed by atoms with Crippen LogP contribution < -0.4 is 0 Å². The fourth-order valence-electron chi connectivity index (χ4n) is 3.59.